The van der Waals surface area contributed by atoms with Crippen LogP contribution in [0.4, 0.5) is 11.4 Å². The fourth-order valence-corrected chi connectivity index (χ4v) is 2.81. The molecule has 0 aromatic heterocycles. The molecule has 0 heterocycles. The van der Waals surface area contributed by atoms with Gasteiger partial charge in [0.15, 0.2) is 0 Å². The van der Waals surface area contributed by atoms with E-state index in [9.17, 15) is 5.11 Å². The number of aromatic hydroxyl groups is 1. The summed E-state index contributed by atoms with van der Waals surface area (Å²) in [5.41, 5.74) is 1.79. The SMILES string of the molecule is CCCOCCCCCNc1cccc(O)c1NCCCCCOCCC. The lowest BCUT2D eigenvalue weighted by atomic mass is 10.2. The van der Waals surface area contributed by atoms with Crippen molar-refractivity contribution in [3.05, 3.63) is 18.2 Å². The molecular weight excluding hydrogens is 340 g/mol. The van der Waals surface area contributed by atoms with Gasteiger partial charge in [-0.3, -0.25) is 0 Å². The Bertz CT molecular complexity index is 469. The Labute approximate surface area is 165 Å². The van der Waals surface area contributed by atoms with Gasteiger partial charge in [0, 0.05) is 39.5 Å². The van der Waals surface area contributed by atoms with Crippen LogP contribution in [-0.4, -0.2) is 44.6 Å². The summed E-state index contributed by atoms with van der Waals surface area (Å²) in [6, 6.07) is 5.63. The Morgan fingerprint density at radius 3 is 1.93 bits per heavy atom. The lowest BCUT2D eigenvalue weighted by Crippen LogP contribution is -2.08. The molecule has 0 spiro atoms. The number of benzene rings is 1. The number of unbranched alkanes of at least 4 members (excludes halogenated alkanes) is 4. The van der Waals surface area contributed by atoms with E-state index in [4.69, 9.17) is 9.47 Å². The number of para-hydroxylation sites is 1. The second kappa shape index (κ2) is 16.7. The zero-order chi connectivity index (χ0) is 19.6. The number of hydrogen-bond acceptors (Lipinski definition) is 5. The molecule has 0 saturated carbocycles. The van der Waals surface area contributed by atoms with Crippen molar-refractivity contribution in [1.82, 2.24) is 0 Å². The van der Waals surface area contributed by atoms with Crippen LogP contribution in [0, 0.1) is 0 Å². The number of phenolic OH excluding ortho intramolecular Hbond substituents is 1. The van der Waals surface area contributed by atoms with Crippen LogP contribution in [0.3, 0.4) is 0 Å². The average molecular weight is 381 g/mol. The van der Waals surface area contributed by atoms with Gasteiger partial charge in [-0.2, -0.15) is 0 Å². The van der Waals surface area contributed by atoms with Crippen molar-refractivity contribution < 1.29 is 14.6 Å². The molecule has 0 amide bonds. The predicted octanol–water partition coefficient (Wildman–Crippen LogP) is 5.41. The van der Waals surface area contributed by atoms with Crippen molar-refractivity contribution in [2.75, 3.05) is 50.2 Å². The number of hydrogen-bond donors (Lipinski definition) is 3. The summed E-state index contributed by atoms with van der Waals surface area (Å²) < 4.78 is 11.0. The molecule has 0 radical (unpaired) electrons. The van der Waals surface area contributed by atoms with E-state index in [2.05, 4.69) is 24.5 Å². The highest BCUT2D eigenvalue weighted by molar-refractivity contribution is 5.75. The summed E-state index contributed by atoms with van der Waals surface area (Å²) in [5.74, 6) is 0.305. The highest BCUT2D eigenvalue weighted by atomic mass is 16.5. The summed E-state index contributed by atoms with van der Waals surface area (Å²) >= 11 is 0. The summed E-state index contributed by atoms with van der Waals surface area (Å²) in [4.78, 5) is 0. The second-order valence-electron chi connectivity index (χ2n) is 6.90. The Hall–Kier alpha value is -1.46. The smallest absolute Gasteiger partial charge is 0.140 e. The second-order valence-corrected chi connectivity index (χ2v) is 6.90. The van der Waals surface area contributed by atoms with E-state index in [0.29, 0.717) is 5.75 Å². The minimum atomic E-state index is 0.305. The number of rotatable bonds is 18. The van der Waals surface area contributed by atoms with E-state index in [0.717, 1.165) is 102 Å². The summed E-state index contributed by atoms with van der Waals surface area (Å²) in [5, 5.41) is 17.0. The van der Waals surface area contributed by atoms with Gasteiger partial charge in [0.2, 0.25) is 0 Å². The largest absolute Gasteiger partial charge is 0.506 e. The summed E-state index contributed by atoms with van der Waals surface area (Å²) in [7, 11) is 0. The number of anilines is 2. The van der Waals surface area contributed by atoms with Crippen LogP contribution in [-0.2, 0) is 9.47 Å². The van der Waals surface area contributed by atoms with Crippen LogP contribution < -0.4 is 10.6 Å². The normalized spacial score (nSPS) is 10.9. The Balaban J connectivity index is 2.21. The van der Waals surface area contributed by atoms with Crippen LogP contribution in [0.2, 0.25) is 0 Å². The van der Waals surface area contributed by atoms with E-state index in [1.807, 2.05) is 12.1 Å². The van der Waals surface area contributed by atoms with E-state index in [-0.39, 0.29) is 0 Å². The molecular formula is C22H40N2O3. The van der Waals surface area contributed by atoms with Gasteiger partial charge < -0.3 is 25.2 Å². The van der Waals surface area contributed by atoms with Crippen molar-refractivity contribution in [2.24, 2.45) is 0 Å². The zero-order valence-corrected chi connectivity index (χ0v) is 17.4. The van der Waals surface area contributed by atoms with Crippen molar-refractivity contribution in [1.29, 1.82) is 0 Å². The highest BCUT2D eigenvalue weighted by Crippen LogP contribution is 2.31. The fourth-order valence-electron chi connectivity index (χ4n) is 2.81. The molecule has 0 bridgehead atoms. The van der Waals surface area contributed by atoms with E-state index >= 15 is 0 Å². The molecule has 156 valence electrons. The first-order chi connectivity index (χ1) is 13.3. The van der Waals surface area contributed by atoms with Gasteiger partial charge >= 0.3 is 0 Å². The minimum absolute atomic E-state index is 0.305. The molecule has 5 heteroatoms. The number of phenols is 1. The van der Waals surface area contributed by atoms with Crippen molar-refractivity contribution >= 4 is 11.4 Å². The Kier molecular flexibility index (Phi) is 14.6. The monoisotopic (exact) mass is 380 g/mol. The maximum absolute atomic E-state index is 10.2. The maximum atomic E-state index is 10.2. The molecule has 1 aromatic rings. The molecule has 0 atom stereocenters. The molecule has 5 nitrogen and oxygen atoms in total. The first-order valence-electron chi connectivity index (χ1n) is 10.7. The summed E-state index contributed by atoms with van der Waals surface area (Å²) in [6.07, 6.45) is 8.82. The van der Waals surface area contributed by atoms with E-state index in [1.54, 1.807) is 6.07 Å². The van der Waals surface area contributed by atoms with Gasteiger partial charge in [-0.25, -0.2) is 0 Å². The van der Waals surface area contributed by atoms with E-state index < -0.39 is 0 Å². The number of nitrogens with one attached hydrogen (secondary N) is 2. The van der Waals surface area contributed by atoms with Crippen LogP contribution >= 0.6 is 0 Å². The quantitative estimate of drug-likeness (QED) is 0.235. The highest BCUT2D eigenvalue weighted by Gasteiger charge is 2.06. The van der Waals surface area contributed by atoms with Crippen molar-refractivity contribution in [3.63, 3.8) is 0 Å². The third kappa shape index (κ3) is 11.8. The van der Waals surface area contributed by atoms with Crippen LogP contribution in [0.5, 0.6) is 5.75 Å². The molecule has 3 N–H and O–H groups in total. The topological polar surface area (TPSA) is 62.8 Å². The minimum Gasteiger partial charge on any atom is -0.506 e. The molecule has 0 unspecified atom stereocenters. The third-order valence-corrected chi connectivity index (χ3v) is 4.29. The van der Waals surface area contributed by atoms with Gasteiger partial charge in [-0.05, 0) is 63.5 Å². The Morgan fingerprint density at radius 2 is 1.33 bits per heavy atom. The number of ether oxygens (including phenoxy) is 2. The predicted molar refractivity (Wildman–Crippen MR) is 115 cm³/mol. The van der Waals surface area contributed by atoms with Crippen LogP contribution in [0.1, 0.15) is 65.2 Å². The molecule has 0 saturated heterocycles. The van der Waals surface area contributed by atoms with E-state index in [1.165, 1.54) is 0 Å². The van der Waals surface area contributed by atoms with Gasteiger partial charge in [-0.1, -0.05) is 19.9 Å². The van der Waals surface area contributed by atoms with Gasteiger partial charge in [0.05, 0.1) is 5.69 Å². The van der Waals surface area contributed by atoms with Crippen molar-refractivity contribution in [2.45, 2.75) is 65.2 Å². The average Bonchev–Trinajstić information content (AvgIpc) is 2.67. The Morgan fingerprint density at radius 1 is 0.741 bits per heavy atom. The van der Waals surface area contributed by atoms with Gasteiger partial charge in [0.1, 0.15) is 11.4 Å². The first-order valence-corrected chi connectivity index (χ1v) is 10.7. The molecule has 0 aliphatic heterocycles. The molecule has 1 aromatic carbocycles. The lowest BCUT2D eigenvalue weighted by molar-refractivity contribution is 0.130. The maximum Gasteiger partial charge on any atom is 0.140 e. The molecule has 0 aliphatic carbocycles. The fraction of sp³-hybridized carbons (Fsp3) is 0.727. The zero-order valence-electron chi connectivity index (χ0n) is 17.4. The lowest BCUT2D eigenvalue weighted by Gasteiger charge is -2.15. The van der Waals surface area contributed by atoms with Gasteiger partial charge in [-0.15, -0.1) is 0 Å². The standard InChI is InChI=1S/C22H40N2O3/c1-3-16-26-18-9-5-7-14-23-20-12-11-13-21(25)22(20)24-15-8-6-10-19-27-17-4-2/h11-13,23-25H,3-10,14-19H2,1-2H3. The van der Waals surface area contributed by atoms with Crippen molar-refractivity contribution in [3.8, 4) is 5.75 Å². The first kappa shape index (κ1) is 23.6. The molecule has 1 rings (SSSR count). The third-order valence-electron chi connectivity index (χ3n) is 4.29. The molecule has 0 aliphatic rings. The molecule has 0 fully saturated rings. The molecule has 27 heavy (non-hydrogen) atoms. The van der Waals surface area contributed by atoms with Crippen LogP contribution in [0.25, 0.3) is 0 Å². The van der Waals surface area contributed by atoms with Gasteiger partial charge in [0.25, 0.3) is 0 Å². The van der Waals surface area contributed by atoms with Crippen LogP contribution in [0.15, 0.2) is 18.2 Å². The summed E-state index contributed by atoms with van der Waals surface area (Å²) in [6.45, 7) is 9.45.